The highest BCUT2D eigenvalue weighted by Crippen LogP contribution is 2.27. The summed E-state index contributed by atoms with van der Waals surface area (Å²) in [5, 5.41) is 2.85. The topological polar surface area (TPSA) is 64.3 Å². The molecule has 0 bridgehead atoms. The van der Waals surface area contributed by atoms with Gasteiger partial charge in [-0.3, -0.25) is 0 Å². The smallest absolute Gasteiger partial charge is 0.407 e. The number of ether oxygens (including phenoxy) is 1. The number of nitrogens with two attached hydrogens (primary N) is 1. The first kappa shape index (κ1) is 17.5. The zero-order valence-corrected chi connectivity index (χ0v) is 12.5. The minimum atomic E-state index is -0.415. The number of hydrogen-bond acceptors (Lipinski definition) is 3. The molecule has 108 valence electrons. The molecular weight excluding hydrogens is 252 g/mol. The van der Waals surface area contributed by atoms with Crippen LogP contribution in [-0.4, -0.2) is 24.8 Å². The lowest BCUT2D eigenvalue weighted by Gasteiger charge is -2.28. The molecule has 0 aliphatic heterocycles. The van der Waals surface area contributed by atoms with Gasteiger partial charge in [0.25, 0.3) is 0 Å². The maximum absolute atomic E-state index is 11.5. The van der Waals surface area contributed by atoms with Gasteiger partial charge in [-0.25, -0.2) is 4.79 Å². The summed E-state index contributed by atoms with van der Waals surface area (Å²) in [4.78, 5) is 11.5. The zero-order valence-electron chi connectivity index (χ0n) is 11.7. The first-order valence-corrected chi connectivity index (χ1v) is 6.57. The Kier molecular flexibility index (Phi) is 7.64. The van der Waals surface area contributed by atoms with Crippen LogP contribution < -0.4 is 11.1 Å². The number of rotatable bonds is 3. The van der Waals surface area contributed by atoms with Gasteiger partial charge in [-0.05, 0) is 64.8 Å². The Morgan fingerprint density at radius 2 is 1.72 bits per heavy atom. The van der Waals surface area contributed by atoms with E-state index in [-0.39, 0.29) is 18.5 Å². The normalized spacial score (nSPS) is 24.0. The third kappa shape index (κ3) is 7.07. The van der Waals surface area contributed by atoms with Crippen molar-refractivity contribution in [1.82, 2.24) is 5.32 Å². The summed E-state index contributed by atoms with van der Waals surface area (Å²) in [6, 6.07) is 0. The van der Waals surface area contributed by atoms with Gasteiger partial charge in [0.2, 0.25) is 0 Å². The number of nitrogens with one attached hydrogen (secondary N) is 1. The Morgan fingerprint density at radius 3 is 2.17 bits per heavy atom. The van der Waals surface area contributed by atoms with Gasteiger partial charge in [0, 0.05) is 6.54 Å². The average molecular weight is 279 g/mol. The van der Waals surface area contributed by atoms with E-state index in [0.29, 0.717) is 11.8 Å². The molecule has 0 atom stereocenters. The summed E-state index contributed by atoms with van der Waals surface area (Å²) < 4.78 is 5.20. The van der Waals surface area contributed by atoms with Crippen molar-refractivity contribution in [2.75, 3.05) is 13.1 Å². The molecule has 0 aromatic heterocycles. The number of hydrogen-bond donors (Lipinski definition) is 2. The molecule has 1 rings (SSSR count). The van der Waals surface area contributed by atoms with Crippen LogP contribution in [0, 0.1) is 11.8 Å². The van der Waals surface area contributed by atoms with Crippen molar-refractivity contribution in [1.29, 1.82) is 0 Å². The van der Waals surface area contributed by atoms with Crippen LogP contribution >= 0.6 is 12.4 Å². The number of carbonyl (C=O) groups excluding carboxylic acids is 1. The molecule has 1 fully saturated rings. The molecule has 1 saturated carbocycles. The van der Waals surface area contributed by atoms with Crippen LogP contribution in [-0.2, 0) is 4.74 Å². The van der Waals surface area contributed by atoms with Crippen molar-refractivity contribution in [3.63, 3.8) is 0 Å². The summed E-state index contributed by atoms with van der Waals surface area (Å²) in [5.74, 6) is 1.28. The molecule has 0 aromatic rings. The van der Waals surface area contributed by atoms with E-state index >= 15 is 0 Å². The molecule has 5 heteroatoms. The molecule has 0 aromatic carbocycles. The largest absolute Gasteiger partial charge is 0.444 e. The number of alkyl carbamates (subject to hydrolysis) is 1. The predicted molar refractivity (Wildman–Crippen MR) is 76.0 cm³/mol. The maximum Gasteiger partial charge on any atom is 0.407 e. The Hall–Kier alpha value is -0.480. The zero-order chi connectivity index (χ0) is 12.9. The van der Waals surface area contributed by atoms with Crippen molar-refractivity contribution in [3.05, 3.63) is 0 Å². The van der Waals surface area contributed by atoms with E-state index in [1.54, 1.807) is 0 Å². The minimum Gasteiger partial charge on any atom is -0.444 e. The van der Waals surface area contributed by atoms with Gasteiger partial charge in [-0.15, -0.1) is 12.4 Å². The number of amides is 1. The lowest BCUT2D eigenvalue weighted by atomic mass is 9.82. The maximum atomic E-state index is 11.5. The molecule has 1 aliphatic carbocycles. The van der Waals surface area contributed by atoms with Gasteiger partial charge in [-0.2, -0.15) is 0 Å². The summed E-state index contributed by atoms with van der Waals surface area (Å²) in [5.41, 5.74) is 5.24. The second kappa shape index (κ2) is 7.85. The number of halogens is 1. The summed E-state index contributed by atoms with van der Waals surface area (Å²) in [6.45, 7) is 7.15. The fourth-order valence-corrected chi connectivity index (χ4v) is 2.21. The third-order valence-electron chi connectivity index (χ3n) is 3.23. The van der Waals surface area contributed by atoms with E-state index in [0.717, 1.165) is 25.9 Å². The van der Waals surface area contributed by atoms with E-state index in [2.05, 4.69) is 5.32 Å². The van der Waals surface area contributed by atoms with E-state index < -0.39 is 5.60 Å². The molecule has 1 aliphatic rings. The first-order chi connectivity index (χ1) is 7.90. The van der Waals surface area contributed by atoms with Gasteiger partial charge < -0.3 is 15.8 Å². The van der Waals surface area contributed by atoms with Gasteiger partial charge in [0.1, 0.15) is 5.60 Å². The lowest BCUT2D eigenvalue weighted by Crippen LogP contribution is -2.36. The van der Waals surface area contributed by atoms with Crippen molar-refractivity contribution in [3.8, 4) is 0 Å². The second-order valence-electron chi connectivity index (χ2n) is 6.01. The van der Waals surface area contributed by atoms with E-state index in [9.17, 15) is 4.79 Å². The highest BCUT2D eigenvalue weighted by Gasteiger charge is 2.21. The average Bonchev–Trinajstić information content (AvgIpc) is 2.25. The van der Waals surface area contributed by atoms with Gasteiger partial charge in [-0.1, -0.05) is 0 Å². The van der Waals surface area contributed by atoms with Gasteiger partial charge in [0.05, 0.1) is 0 Å². The van der Waals surface area contributed by atoms with Crippen LogP contribution in [0.2, 0.25) is 0 Å². The molecule has 4 nitrogen and oxygen atoms in total. The van der Waals surface area contributed by atoms with Gasteiger partial charge in [0.15, 0.2) is 0 Å². The predicted octanol–water partition coefficient (Wildman–Crippen LogP) is 2.70. The molecule has 0 saturated heterocycles. The Bertz CT molecular complexity index is 246. The monoisotopic (exact) mass is 278 g/mol. The van der Waals surface area contributed by atoms with Crippen LogP contribution in [0.4, 0.5) is 4.79 Å². The third-order valence-corrected chi connectivity index (χ3v) is 3.23. The van der Waals surface area contributed by atoms with Crippen molar-refractivity contribution < 1.29 is 9.53 Å². The van der Waals surface area contributed by atoms with Crippen molar-refractivity contribution in [2.24, 2.45) is 17.6 Å². The highest BCUT2D eigenvalue weighted by molar-refractivity contribution is 5.85. The summed E-state index contributed by atoms with van der Waals surface area (Å²) >= 11 is 0. The first-order valence-electron chi connectivity index (χ1n) is 6.57. The van der Waals surface area contributed by atoms with Gasteiger partial charge >= 0.3 is 6.09 Å². The highest BCUT2D eigenvalue weighted by atomic mass is 35.5. The summed E-state index contributed by atoms with van der Waals surface area (Å²) in [7, 11) is 0. The van der Waals surface area contributed by atoms with Crippen LogP contribution in [0.1, 0.15) is 46.5 Å². The van der Waals surface area contributed by atoms with Crippen molar-refractivity contribution in [2.45, 2.75) is 52.1 Å². The lowest BCUT2D eigenvalue weighted by molar-refractivity contribution is 0.0513. The van der Waals surface area contributed by atoms with Crippen LogP contribution in [0.3, 0.4) is 0 Å². The molecule has 0 heterocycles. The minimum absolute atomic E-state index is 0. The molecule has 1 amide bonds. The fraction of sp³-hybridized carbons (Fsp3) is 0.923. The van der Waals surface area contributed by atoms with E-state index in [1.807, 2.05) is 20.8 Å². The second-order valence-corrected chi connectivity index (χ2v) is 6.01. The molecule has 3 N–H and O–H groups in total. The Morgan fingerprint density at radius 1 is 1.22 bits per heavy atom. The van der Waals surface area contributed by atoms with E-state index in [1.165, 1.54) is 12.8 Å². The van der Waals surface area contributed by atoms with Crippen molar-refractivity contribution >= 4 is 18.5 Å². The quantitative estimate of drug-likeness (QED) is 0.834. The Labute approximate surface area is 116 Å². The Balaban J connectivity index is 0.00000289. The fourth-order valence-electron chi connectivity index (χ4n) is 2.21. The van der Waals surface area contributed by atoms with E-state index in [4.69, 9.17) is 10.5 Å². The van der Waals surface area contributed by atoms with Crippen LogP contribution in [0.5, 0.6) is 0 Å². The van der Waals surface area contributed by atoms with Crippen LogP contribution in [0.25, 0.3) is 0 Å². The number of carbonyl (C=O) groups is 1. The summed E-state index contributed by atoms with van der Waals surface area (Å²) in [6.07, 6.45) is 4.40. The molecule has 0 unspecified atom stereocenters. The molecule has 18 heavy (non-hydrogen) atoms. The molecular formula is C13H27ClN2O2. The molecule has 0 radical (unpaired) electrons. The standard InChI is InChI=1S/C13H26N2O2.ClH/c1-13(2,3)17-12(16)15-9-11-6-4-10(8-14)5-7-11;/h10-11H,4-9,14H2,1-3H3,(H,15,16);1H/t10-,11-;. The van der Waals surface area contributed by atoms with Crippen LogP contribution in [0.15, 0.2) is 0 Å². The SMILES string of the molecule is CC(C)(C)OC(=O)NC[C@H]1CC[C@H](CN)CC1.Cl. The molecule has 0 spiro atoms.